The predicted molar refractivity (Wildman–Crippen MR) is 145 cm³/mol. The van der Waals surface area contributed by atoms with Crippen molar-refractivity contribution in [2.45, 2.75) is 51.0 Å². The third-order valence-electron chi connectivity index (χ3n) is 7.02. The van der Waals surface area contributed by atoms with Crippen LogP contribution in [0.2, 0.25) is 0 Å². The van der Waals surface area contributed by atoms with Gasteiger partial charge in [0, 0.05) is 35.5 Å². The molecular weight excluding hydrogens is 484 g/mol. The number of aliphatic hydroxyl groups is 3. The standard InChI is InChI=1S/C28H32N6O4/c1-15-5-7-20-16(11-15)6-8-21(32-20)18-14-30-27(31-17-9-10-29-23(12-17)38-4)34-26(18)33-22-13-19(28(2,3)37)24(35)25(22)36/h5-12,14,19,22,24-25,35-37H,13H2,1-4H3,(H2,29,30,31,33,34)/t19-,22-,24-,25+/m1/s1. The Labute approximate surface area is 220 Å². The summed E-state index contributed by atoms with van der Waals surface area (Å²) in [7, 11) is 1.54. The van der Waals surface area contributed by atoms with Crippen molar-refractivity contribution < 1.29 is 20.1 Å². The Morgan fingerprint density at radius 3 is 2.55 bits per heavy atom. The van der Waals surface area contributed by atoms with Crippen LogP contribution in [0.5, 0.6) is 5.88 Å². The van der Waals surface area contributed by atoms with Gasteiger partial charge in [0.1, 0.15) is 11.9 Å². The average molecular weight is 517 g/mol. The maximum Gasteiger partial charge on any atom is 0.229 e. The van der Waals surface area contributed by atoms with E-state index in [1.165, 1.54) is 0 Å². The van der Waals surface area contributed by atoms with Crippen molar-refractivity contribution in [3.63, 3.8) is 0 Å². The molecule has 10 heteroatoms. The van der Waals surface area contributed by atoms with E-state index in [1.807, 2.05) is 31.2 Å². The van der Waals surface area contributed by atoms with Gasteiger partial charge in [0.2, 0.25) is 11.8 Å². The molecule has 1 aliphatic carbocycles. The number of benzene rings is 1. The molecule has 1 aliphatic rings. The van der Waals surface area contributed by atoms with Crippen molar-refractivity contribution in [1.29, 1.82) is 0 Å². The first-order chi connectivity index (χ1) is 18.1. The zero-order valence-electron chi connectivity index (χ0n) is 21.8. The summed E-state index contributed by atoms with van der Waals surface area (Å²) < 4.78 is 5.20. The molecule has 0 aliphatic heterocycles. The Morgan fingerprint density at radius 2 is 1.82 bits per heavy atom. The van der Waals surface area contributed by atoms with E-state index in [4.69, 9.17) is 14.7 Å². The van der Waals surface area contributed by atoms with Gasteiger partial charge in [-0.1, -0.05) is 17.7 Å². The van der Waals surface area contributed by atoms with Crippen molar-refractivity contribution in [3.8, 4) is 17.1 Å². The number of rotatable bonds is 7. The second-order valence-corrected chi connectivity index (χ2v) is 10.3. The maximum atomic E-state index is 10.8. The number of ether oxygens (including phenoxy) is 1. The highest BCUT2D eigenvalue weighted by Crippen LogP contribution is 2.37. The summed E-state index contributed by atoms with van der Waals surface area (Å²) in [6.45, 7) is 5.31. The Kier molecular flexibility index (Phi) is 6.87. The Bertz CT molecular complexity index is 1460. The molecule has 0 bridgehead atoms. The Morgan fingerprint density at radius 1 is 1.00 bits per heavy atom. The molecule has 1 saturated carbocycles. The van der Waals surface area contributed by atoms with Crippen molar-refractivity contribution in [2.24, 2.45) is 5.92 Å². The van der Waals surface area contributed by atoms with Gasteiger partial charge in [-0.2, -0.15) is 4.98 Å². The zero-order chi connectivity index (χ0) is 27.0. The third-order valence-corrected chi connectivity index (χ3v) is 7.02. The molecule has 5 N–H and O–H groups in total. The van der Waals surface area contributed by atoms with Crippen LogP contribution < -0.4 is 15.4 Å². The number of nitrogens with one attached hydrogen (secondary N) is 2. The van der Waals surface area contributed by atoms with Crippen LogP contribution in [0, 0.1) is 12.8 Å². The molecule has 10 nitrogen and oxygen atoms in total. The van der Waals surface area contributed by atoms with Gasteiger partial charge in [-0.05, 0) is 51.5 Å². The molecule has 1 fully saturated rings. The predicted octanol–water partition coefficient (Wildman–Crippen LogP) is 3.44. The number of pyridine rings is 2. The Hall–Kier alpha value is -3.86. The van der Waals surface area contributed by atoms with Crippen molar-refractivity contribution >= 4 is 28.4 Å². The number of anilines is 3. The maximum absolute atomic E-state index is 10.8. The lowest BCUT2D eigenvalue weighted by atomic mass is 9.88. The van der Waals surface area contributed by atoms with Crippen LogP contribution in [0.3, 0.4) is 0 Å². The van der Waals surface area contributed by atoms with Crippen LogP contribution in [0.25, 0.3) is 22.2 Å². The lowest BCUT2D eigenvalue weighted by Gasteiger charge is -2.28. The molecule has 3 aromatic heterocycles. The number of aryl methyl sites for hydroxylation is 1. The summed E-state index contributed by atoms with van der Waals surface area (Å²) in [5.41, 5.74) is 2.82. The molecule has 198 valence electrons. The van der Waals surface area contributed by atoms with E-state index >= 15 is 0 Å². The summed E-state index contributed by atoms with van der Waals surface area (Å²) >= 11 is 0. The first kappa shape index (κ1) is 25.8. The normalized spacial score (nSPS) is 21.4. The van der Waals surface area contributed by atoms with Crippen molar-refractivity contribution in [2.75, 3.05) is 17.7 Å². The van der Waals surface area contributed by atoms with Crippen LogP contribution in [0.1, 0.15) is 25.8 Å². The average Bonchev–Trinajstić information content (AvgIpc) is 3.18. The summed E-state index contributed by atoms with van der Waals surface area (Å²) in [5.74, 6) is 0.689. The number of nitrogens with zero attached hydrogens (tertiary/aromatic N) is 4. The van der Waals surface area contributed by atoms with E-state index in [0.717, 1.165) is 16.5 Å². The third kappa shape index (κ3) is 5.24. The highest BCUT2D eigenvalue weighted by molar-refractivity contribution is 5.84. The summed E-state index contributed by atoms with van der Waals surface area (Å²) in [6, 6.07) is 12.9. The SMILES string of the molecule is COc1cc(Nc2ncc(-c3ccc4cc(C)ccc4n3)c(N[C@@H]3C[C@@H](C(C)(C)O)[C@@H](O)[C@H]3O)n2)ccn1. The molecule has 0 spiro atoms. The van der Waals surface area contributed by atoms with E-state index < -0.39 is 29.8 Å². The Balaban J connectivity index is 1.53. The van der Waals surface area contributed by atoms with Crippen molar-refractivity contribution in [1.82, 2.24) is 19.9 Å². The minimum Gasteiger partial charge on any atom is -0.481 e. The topological polar surface area (TPSA) is 146 Å². The molecule has 4 aromatic rings. The molecule has 0 saturated heterocycles. The van der Waals surface area contributed by atoms with Crippen molar-refractivity contribution in [3.05, 3.63) is 60.4 Å². The molecule has 38 heavy (non-hydrogen) atoms. The molecule has 1 aromatic carbocycles. The van der Waals surface area contributed by atoms with E-state index in [1.54, 1.807) is 45.5 Å². The molecule has 0 unspecified atom stereocenters. The van der Waals surface area contributed by atoms with E-state index in [2.05, 4.69) is 26.7 Å². The number of fused-ring (bicyclic) bond motifs is 1. The minimum absolute atomic E-state index is 0.313. The highest BCUT2D eigenvalue weighted by atomic mass is 16.5. The summed E-state index contributed by atoms with van der Waals surface area (Å²) in [5, 5.41) is 39.5. The van der Waals surface area contributed by atoms with E-state index in [9.17, 15) is 15.3 Å². The largest absolute Gasteiger partial charge is 0.481 e. The monoisotopic (exact) mass is 516 g/mol. The molecule has 5 rings (SSSR count). The molecule has 0 amide bonds. The molecule has 4 atom stereocenters. The second-order valence-electron chi connectivity index (χ2n) is 10.3. The number of hydrogen-bond donors (Lipinski definition) is 5. The van der Waals surface area contributed by atoms with Gasteiger partial charge >= 0.3 is 0 Å². The van der Waals surface area contributed by atoms with Gasteiger partial charge < -0.3 is 30.7 Å². The molecular formula is C28H32N6O4. The van der Waals surface area contributed by atoms with Gasteiger partial charge in [0.25, 0.3) is 0 Å². The fourth-order valence-electron chi connectivity index (χ4n) is 4.92. The number of aromatic nitrogens is 4. The van der Waals surface area contributed by atoms with E-state index in [-0.39, 0.29) is 0 Å². The fraction of sp³-hybridized carbons (Fsp3) is 0.357. The van der Waals surface area contributed by atoms with Gasteiger partial charge in [0.05, 0.1) is 41.6 Å². The quantitative estimate of drug-likeness (QED) is 0.248. The van der Waals surface area contributed by atoms with Gasteiger partial charge in [0.15, 0.2) is 0 Å². The summed E-state index contributed by atoms with van der Waals surface area (Å²) in [6.07, 6.45) is 1.46. The minimum atomic E-state index is -1.16. The first-order valence-corrected chi connectivity index (χ1v) is 12.5. The number of aliphatic hydroxyl groups excluding tert-OH is 2. The number of methoxy groups -OCH3 is 1. The zero-order valence-corrected chi connectivity index (χ0v) is 21.8. The second kappa shape index (κ2) is 10.1. The smallest absolute Gasteiger partial charge is 0.229 e. The van der Waals surface area contributed by atoms with Crippen LogP contribution in [0.15, 0.2) is 54.9 Å². The first-order valence-electron chi connectivity index (χ1n) is 12.5. The van der Waals surface area contributed by atoms with Gasteiger partial charge in [-0.15, -0.1) is 0 Å². The van der Waals surface area contributed by atoms with Gasteiger partial charge in [-0.25, -0.2) is 15.0 Å². The fourth-order valence-corrected chi connectivity index (χ4v) is 4.92. The molecule has 3 heterocycles. The number of hydrogen-bond acceptors (Lipinski definition) is 10. The van der Waals surface area contributed by atoms with Crippen LogP contribution >= 0.6 is 0 Å². The highest BCUT2D eigenvalue weighted by Gasteiger charge is 2.47. The van der Waals surface area contributed by atoms with E-state index in [0.29, 0.717) is 41.0 Å². The van der Waals surface area contributed by atoms with Crippen LogP contribution in [-0.2, 0) is 0 Å². The van der Waals surface area contributed by atoms with Crippen LogP contribution in [0.4, 0.5) is 17.5 Å². The van der Waals surface area contributed by atoms with Crippen LogP contribution in [-0.4, -0.2) is 66.2 Å². The molecule has 0 radical (unpaired) electrons. The lowest BCUT2D eigenvalue weighted by molar-refractivity contribution is -0.0601. The lowest BCUT2D eigenvalue weighted by Crippen LogP contribution is -2.40. The summed E-state index contributed by atoms with van der Waals surface area (Å²) in [4.78, 5) is 18.2. The van der Waals surface area contributed by atoms with Gasteiger partial charge in [-0.3, -0.25) is 0 Å².